The first-order valence-electron chi connectivity index (χ1n) is 10.7. The third kappa shape index (κ3) is 6.84. The zero-order chi connectivity index (χ0) is 24.5. The minimum Gasteiger partial charge on any atom is -0.299 e. The molecule has 6 nitrogen and oxygen atoms in total. The van der Waals surface area contributed by atoms with E-state index >= 15 is 0 Å². The van der Waals surface area contributed by atoms with Crippen molar-refractivity contribution in [1.29, 1.82) is 0 Å². The van der Waals surface area contributed by atoms with Gasteiger partial charge in [-0.3, -0.25) is 28.8 Å². The Labute approximate surface area is 196 Å². The molecule has 170 valence electrons. The quantitative estimate of drug-likeness (QED) is 0.295. The minimum absolute atomic E-state index is 0.138. The predicted molar refractivity (Wildman–Crippen MR) is 125 cm³/mol. The van der Waals surface area contributed by atoms with Crippen molar-refractivity contribution in [1.82, 2.24) is 0 Å². The van der Waals surface area contributed by atoms with Gasteiger partial charge in [0.1, 0.15) is 11.6 Å². The molecule has 0 saturated carbocycles. The van der Waals surface area contributed by atoms with Crippen LogP contribution in [0.1, 0.15) is 67.1 Å². The molecule has 3 aromatic rings. The standard InChI is InChI=1S/C28H22O6/c29-23(15-25(31)19-8-3-1-4-9-19)17-27(33)21-12-7-13-22(14-21)28(34)18-24(30)16-26(32)20-10-5-2-6-11-20/h1-14H,15-18H2. The van der Waals surface area contributed by atoms with Crippen LogP contribution in [-0.2, 0) is 9.59 Å². The maximum Gasteiger partial charge on any atom is 0.170 e. The fraction of sp³-hybridized carbons (Fsp3) is 0.143. The number of hydrogen-bond acceptors (Lipinski definition) is 6. The van der Waals surface area contributed by atoms with Gasteiger partial charge in [0, 0.05) is 22.3 Å². The molecule has 0 radical (unpaired) electrons. The van der Waals surface area contributed by atoms with Gasteiger partial charge in [-0.2, -0.15) is 0 Å². The van der Waals surface area contributed by atoms with E-state index in [1.807, 2.05) is 0 Å². The van der Waals surface area contributed by atoms with Crippen molar-refractivity contribution in [2.75, 3.05) is 0 Å². The number of carbonyl (C=O) groups is 6. The largest absolute Gasteiger partial charge is 0.299 e. The van der Waals surface area contributed by atoms with Crippen LogP contribution in [-0.4, -0.2) is 34.7 Å². The molecule has 3 aromatic carbocycles. The van der Waals surface area contributed by atoms with Gasteiger partial charge in [-0.05, 0) is 6.07 Å². The van der Waals surface area contributed by atoms with E-state index in [1.165, 1.54) is 24.3 Å². The maximum absolute atomic E-state index is 12.5. The molecule has 0 N–H and O–H groups in total. The van der Waals surface area contributed by atoms with Gasteiger partial charge in [0.15, 0.2) is 23.1 Å². The highest BCUT2D eigenvalue weighted by Gasteiger charge is 2.19. The van der Waals surface area contributed by atoms with Gasteiger partial charge in [-0.15, -0.1) is 0 Å². The van der Waals surface area contributed by atoms with E-state index in [0.29, 0.717) is 11.1 Å². The molecule has 0 aliphatic rings. The molecule has 0 amide bonds. The van der Waals surface area contributed by atoms with Crippen molar-refractivity contribution in [3.8, 4) is 0 Å². The van der Waals surface area contributed by atoms with E-state index in [1.54, 1.807) is 60.7 Å². The third-order valence-corrected chi connectivity index (χ3v) is 5.13. The summed E-state index contributed by atoms with van der Waals surface area (Å²) in [4.78, 5) is 73.8. The first kappa shape index (κ1) is 24.3. The summed E-state index contributed by atoms with van der Waals surface area (Å²) in [6.07, 6.45) is -1.72. The molecule has 0 spiro atoms. The molecular weight excluding hydrogens is 432 g/mol. The molecule has 0 aliphatic carbocycles. The summed E-state index contributed by atoms with van der Waals surface area (Å²) in [7, 11) is 0. The van der Waals surface area contributed by atoms with Crippen LogP contribution in [0, 0.1) is 0 Å². The Morgan fingerprint density at radius 2 is 0.676 bits per heavy atom. The Bertz CT molecular complexity index is 1150. The second-order valence-electron chi connectivity index (χ2n) is 7.79. The summed E-state index contributed by atoms with van der Waals surface area (Å²) in [6, 6.07) is 22.4. The lowest BCUT2D eigenvalue weighted by Crippen LogP contribution is -2.15. The summed E-state index contributed by atoms with van der Waals surface area (Å²) >= 11 is 0. The molecule has 0 aliphatic heterocycles. The number of ketones is 6. The Morgan fingerprint density at radius 3 is 1.03 bits per heavy atom. The lowest BCUT2D eigenvalue weighted by molar-refractivity contribution is -0.118. The molecule has 0 heterocycles. The van der Waals surface area contributed by atoms with Crippen molar-refractivity contribution >= 4 is 34.7 Å². The monoisotopic (exact) mass is 454 g/mol. The van der Waals surface area contributed by atoms with Crippen molar-refractivity contribution < 1.29 is 28.8 Å². The highest BCUT2D eigenvalue weighted by molar-refractivity contribution is 6.17. The van der Waals surface area contributed by atoms with E-state index in [4.69, 9.17) is 0 Å². The molecule has 0 fully saturated rings. The Hall–Kier alpha value is -4.32. The van der Waals surface area contributed by atoms with Crippen molar-refractivity contribution in [3.05, 3.63) is 107 Å². The highest BCUT2D eigenvalue weighted by atomic mass is 16.2. The zero-order valence-electron chi connectivity index (χ0n) is 18.4. The molecule has 0 aromatic heterocycles. The van der Waals surface area contributed by atoms with Crippen LogP contribution in [0.5, 0.6) is 0 Å². The predicted octanol–water partition coefficient (Wildman–Crippen LogP) is 4.52. The topological polar surface area (TPSA) is 102 Å². The fourth-order valence-corrected chi connectivity index (χ4v) is 3.36. The SMILES string of the molecule is O=C(CC(=O)c1ccccc1)CC(=O)c1cccc(C(=O)CC(=O)CC(=O)c2ccccc2)c1. The summed E-state index contributed by atoms with van der Waals surface area (Å²) in [5.41, 5.74) is 1.07. The molecule has 3 rings (SSSR count). The molecule has 0 saturated heterocycles. The van der Waals surface area contributed by atoms with Crippen LogP contribution in [0.2, 0.25) is 0 Å². The van der Waals surface area contributed by atoms with E-state index < -0.39 is 48.8 Å². The average Bonchev–Trinajstić information content (AvgIpc) is 2.85. The van der Waals surface area contributed by atoms with Gasteiger partial charge < -0.3 is 0 Å². The molecule has 0 atom stereocenters. The second-order valence-corrected chi connectivity index (χ2v) is 7.79. The van der Waals surface area contributed by atoms with Crippen LogP contribution in [0.15, 0.2) is 84.9 Å². The van der Waals surface area contributed by atoms with Crippen molar-refractivity contribution in [3.63, 3.8) is 0 Å². The molecular formula is C28H22O6. The summed E-state index contributed by atoms with van der Waals surface area (Å²) < 4.78 is 0. The third-order valence-electron chi connectivity index (χ3n) is 5.13. The van der Waals surface area contributed by atoms with Crippen LogP contribution >= 0.6 is 0 Å². The van der Waals surface area contributed by atoms with E-state index in [9.17, 15) is 28.8 Å². The second kappa shape index (κ2) is 11.5. The lowest BCUT2D eigenvalue weighted by atomic mass is 9.96. The normalized spacial score (nSPS) is 10.4. The van der Waals surface area contributed by atoms with Crippen molar-refractivity contribution in [2.24, 2.45) is 0 Å². The van der Waals surface area contributed by atoms with Crippen LogP contribution in [0.3, 0.4) is 0 Å². The summed E-state index contributed by atoms with van der Waals surface area (Å²) in [6.45, 7) is 0. The van der Waals surface area contributed by atoms with E-state index in [-0.39, 0.29) is 22.7 Å². The molecule has 0 unspecified atom stereocenters. The zero-order valence-corrected chi connectivity index (χ0v) is 18.4. The van der Waals surface area contributed by atoms with Crippen molar-refractivity contribution in [2.45, 2.75) is 25.7 Å². The number of benzene rings is 3. The van der Waals surface area contributed by atoms with Crippen LogP contribution in [0.25, 0.3) is 0 Å². The van der Waals surface area contributed by atoms with Crippen LogP contribution < -0.4 is 0 Å². The molecule has 0 bridgehead atoms. The summed E-state index contributed by atoms with van der Waals surface area (Å²) in [5, 5.41) is 0. The van der Waals surface area contributed by atoms with E-state index in [0.717, 1.165) is 0 Å². The summed E-state index contributed by atoms with van der Waals surface area (Å²) in [5.74, 6) is -2.83. The van der Waals surface area contributed by atoms with E-state index in [2.05, 4.69) is 0 Å². The van der Waals surface area contributed by atoms with Gasteiger partial charge in [0.05, 0.1) is 25.7 Å². The number of rotatable bonds is 12. The minimum atomic E-state index is -0.523. The van der Waals surface area contributed by atoms with Gasteiger partial charge in [0.25, 0.3) is 0 Å². The van der Waals surface area contributed by atoms with Crippen LogP contribution in [0.4, 0.5) is 0 Å². The Kier molecular flexibility index (Phi) is 8.24. The first-order chi connectivity index (χ1) is 16.3. The number of carbonyl (C=O) groups excluding carboxylic acids is 6. The maximum atomic E-state index is 12.5. The number of hydrogen-bond donors (Lipinski definition) is 0. The molecule has 6 heteroatoms. The Morgan fingerprint density at radius 1 is 0.382 bits per heavy atom. The lowest BCUT2D eigenvalue weighted by Gasteiger charge is -2.05. The molecule has 34 heavy (non-hydrogen) atoms. The van der Waals surface area contributed by atoms with Gasteiger partial charge >= 0.3 is 0 Å². The average molecular weight is 454 g/mol. The number of Topliss-reactive ketones (excluding diaryl/α,β-unsaturated/α-hetero) is 6. The smallest absolute Gasteiger partial charge is 0.170 e. The first-order valence-corrected chi connectivity index (χ1v) is 10.7. The van der Waals surface area contributed by atoms with Gasteiger partial charge in [-0.1, -0.05) is 78.9 Å². The fourth-order valence-electron chi connectivity index (χ4n) is 3.36. The highest BCUT2D eigenvalue weighted by Crippen LogP contribution is 2.13. The van der Waals surface area contributed by atoms with Gasteiger partial charge in [-0.25, -0.2) is 0 Å². The Balaban J connectivity index is 1.56. The van der Waals surface area contributed by atoms with Gasteiger partial charge in [0.2, 0.25) is 0 Å².